The summed E-state index contributed by atoms with van der Waals surface area (Å²) in [6.45, 7) is 5.99. The topological polar surface area (TPSA) is 49.5 Å². The van der Waals surface area contributed by atoms with Gasteiger partial charge >= 0.3 is 0 Å². The number of rotatable bonds is 6. The normalized spacial score (nSPS) is 10.4. The van der Waals surface area contributed by atoms with Crippen molar-refractivity contribution in [2.24, 2.45) is 0 Å². The maximum atomic E-state index is 8.99. The van der Waals surface area contributed by atoms with Gasteiger partial charge in [-0.2, -0.15) is 0 Å². The highest BCUT2D eigenvalue weighted by Gasteiger charge is 2.06. The Morgan fingerprint density at radius 1 is 1.31 bits per heavy atom. The van der Waals surface area contributed by atoms with Gasteiger partial charge < -0.3 is 15.7 Å². The minimum absolute atomic E-state index is 0.182. The van der Waals surface area contributed by atoms with E-state index in [4.69, 9.17) is 10.8 Å². The Morgan fingerprint density at radius 2 is 2.06 bits per heavy atom. The van der Waals surface area contributed by atoms with Crippen LogP contribution >= 0.6 is 0 Å². The van der Waals surface area contributed by atoms with Gasteiger partial charge in [0.25, 0.3) is 0 Å². The van der Waals surface area contributed by atoms with Crippen LogP contribution in [0.5, 0.6) is 0 Å². The predicted molar refractivity (Wildman–Crippen MR) is 69.8 cm³/mol. The van der Waals surface area contributed by atoms with Gasteiger partial charge in [0, 0.05) is 24.5 Å². The zero-order chi connectivity index (χ0) is 12.0. The number of likely N-dealkylation sites (N-methyl/N-ethyl adjacent to an activating group) is 1. The molecule has 0 amide bonds. The molecule has 0 bridgehead atoms. The lowest BCUT2D eigenvalue weighted by Crippen LogP contribution is -2.26. The van der Waals surface area contributed by atoms with Crippen LogP contribution in [0.4, 0.5) is 11.4 Å². The van der Waals surface area contributed by atoms with Gasteiger partial charge in [-0.3, -0.25) is 0 Å². The number of hydrogen-bond donors (Lipinski definition) is 2. The van der Waals surface area contributed by atoms with Crippen molar-refractivity contribution in [1.29, 1.82) is 0 Å². The average Bonchev–Trinajstić information content (AvgIpc) is 2.29. The summed E-state index contributed by atoms with van der Waals surface area (Å²) in [6, 6.07) is 6.12. The molecular weight excluding hydrogens is 200 g/mol. The van der Waals surface area contributed by atoms with Gasteiger partial charge in [-0.25, -0.2) is 0 Å². The van der Waals surface area contributed by atoms with E-state index in [1.165, 1.54) is 5.56 Å². The summed E-state index contributed by atoms with van der Waals surface area (Å²) in [4.78, 5) is 2.15. The Balaban J connectivity index is 2.91. The van der Waals surface area contributed by atoms with Gasteiger partial charge in [-0.15, -0.1) is 0 Å². The van der Waals surface area contributed by atoms with E-state index in [1.807, 2.05) is 12.1 Å². The molecule has 0 heterocycles. The fourth-order valence-corrected chi connectivity index (χ4v) is 1.87. The summed E-state index contributed by atoms with van der Waals surface area (Å²) in [5.41, 5.74) is 9.14. The smallest absolute Gasteiger partial charge is 0.0606 e. The van der Waals surface area contributed by atoms with Gasteiger partial charge in [0.1, 0.15) is 0 Å². The maximum Gasteiger partial charge on any atom is 0.0606 e. The number of nitrogen functional groups attached to an aromatic ring is 1. The molecule has 0 aromatic heterocycles. The Kier molecular flexibility index (Phi) is 5.12. The van der Waals surface area contributed by atoms with Crippen LogP contribution in [0.15, 0.2) is 18.2 Å². The van der Waals surface area contributed by atoms with Crippen molar-refractivity contribution >= 4 is 11.4 Å². The highest BCUT2D eigenvalue weighted by Crippen LogP contribution is 2.22. The molecule has 0 aliphatic carbocycles. The largest absolute Gasteiger partial charge is 0.399 e. The van der Waals surface area contributed by atoms with E-state index in [2.05, 4.69) is 24.8 Å². The van der Waals surface area contributed by atoms with E-state index < -0.39 is 0 Å². The Bertz CT molecular complexity index is 326. The van der Waals surface area contributed by atoms with E-state index in [0.29, 0.717) is 6.54 Å². The van der Waals surface area contributed by atoms with Crippen LogP contribution in [0.25, 0.3) is 0 Å². The zero-order valence-electron chi connectivity index (χ0n) is 10.2. The van der Waals surface area contributed by atoms with Crippen molar-refractivity contribution in [3.63, 3.8) is 0 Å². The van der Waals surface area contributed by atoms with Crippen molar-refractivity contribution in [1.82, 2.24) is 0 Å². The third kappa shape index (κ3) is 3.14. The van der Waals surface area contributed by atoms with Gasteiger partial charge in [-0.05, 0) is 37.1 Å². The first-order valence-electron chi connectivity index (χ1n) is 5.97. The van der Waals surface area contributed by atoms with Crippen LogP contribution in [0.3, 0.4) is 0 Å². The molecule has 0 aliphatic heterocycles. The monoisotopic (exact) mass is 222 g/mol. The number of nitrogens with zero attached hydrogens (tertiary/aromatic N) is 1. The lowest BCUT2D eigenvalue weighted by Gasteiger charge is -2.23. The maximum absolute atomic E-state index is 8.99. The minimum Gasteiger partial charge on any atom is -0.399 e. The minimum atomic E-state index is 0.182. The predicted octanol–water partition coefficient (Wildman–Crippen LogP) is 2.04. The van der Waals surface area contributed by atoms with Crippen molar-refractivity contribution < 1.29 is 5.11 Å². The molecule has 0 unspecified atom stereocenters. The number of hydrogen-bond acceptors (Lipinski definition) is 3. The van der Waals surface area contributed by atoms with Gasteiger partial charge in [-0.1, -0.05) is 13.3 Å². The van der Waals surface area contributed by atoms with E-state index in [9.17, 15) is 0 Å². The van der Waals surface area contributed by atoms with Crippen LogP contribution in [0.2, 0.25) is 0 Å². The lowest BCUT2D eigenvalue weighted by atomic mass is 10.1. The Labute approximate surface area is 97.9 Å². The number of aliphatic hydroxyl groups excluding tert-OH is 1. The fraction of sp³-hybridized carbons (Fsp3) is 0.538. The SMILES string of the molecule is CCCc1cc(N(CC)CCO)ccc1N. The number of aliphatic hydroxyl groups is 1. The standard InChI is InChI=1S/C13H22N2O/c1-3-5-11-10-12(6-7-13(11)14)15(4-2)8-9-16/h6-7,10,16H,3-5,8-9,14H2,1-2H3. The number of benzene rings is 1. The summed E-state index contributed by atoms with van der Waals surface area (Å²) >= 11 is 0. The highest BCUT2D eigenvalue weighted by molar-refractivity contribution is 5.58. The molecule has 1 aromatic carbocycles. The van der Waals surface area contributed by atoms with Gasteiger partial charge in [0.2, 0.25) is 0 Å². The third-order valence-corrected chi connectivity index (χ3v) is 2.76. The molecule has 0 fully saturated rings. The molecule has 0 saturated carbocycles. The molecule has 3 heteroatoms. The van der Waals surface area contributed by atoms with E-state index >= 15 is 0 Å². The molecule has 0 saturated heterocycles. The molecule has 0 atom stereocenters. The van der Waals surface area contributed by atoms with Crippen LogP contribution in [-0.4, -0.2) is 24.8 Å². The molecule has 0 aliphatic rings. The van der Waals surface area contributed by atoms with Crippen LogP contribution in [-0.2, 0) is 6.42 Å². The molecule has 3 N–H and O–H groups in total. The van der Waals surface area contributed by atoms with Crippen LogP contribution < -0.4 is 10.6 Å². The molecule has 3 nitrogen and oxygen atoms in total. The zero-order valence-corrected chi connectivity index (χ0v) is 10.2. The first kappa shape index (κ1) is 12.8. The molecule has 1 aromatic rings. The molecule has 1 rings (SSSR count). The second-order valence-electron chi connectivity index (χ2n) is 3.94. The number of nitrogens with two attached hydrogens (primary N) is 1. The molecule has 16 heavy (non-hydrogen) atoms. The fourth-order valence-electron chi connectivity index (χ4n) is 1.87. The first-order valence-corrected chi connectivity index (χ1v) is 5.97. The summed E-state index contributed by atoms with van der Waals surface area (Å²) in [5.74, 6) is 0. The second-order valence-corrected chi connectivity index (χ2v) is 3.94. The summed E-state index contributed by atoms with van der Waals surface area (Å²) in [7, 11) is 0. The highest BCUT2D eigenvalue weighted by atomic mass is 16.3. The second kappa shape index (κ2) is 6.38. The Morgan fingerprint density at radius 3 is 2.62 bits per heavy atom. The Hall–Kier alpha value is -1.22. The number of aryl methyl sites for hydroxylation is 1. The average molecular weight is 222 g/mol. The number of anilines is 2. The van der Waals surface area contributed by atoms with Crippen LogP contribution in [0.1, 0.15) is 25.8 Å². The summed E-state index contributed by atoms with van der Waals surface area (Å²) in [6.07, 6.45) is 2.11. The van der Waals surface area contributed by atoms with Crippen molar-refractivity contribution in [3.05, 3.63) is 23.8 Å². The summed E-state index contributed by atoms with van der Waals surface area (Å²) in [5, 5.41) is 8.99. The van der Waals surface area contributed by atoms with E-state index in [0.717, 1.165) is 30.8 Å². The van der Waals surface area contributed by atoms with Gasteiger partial charge in [0.05, 0.1) is 6.61 Å². The molecule has 90 valence electrons. The van der Waals surface area contributed by atoms with Crippen molar-refractivity contribution in [2.75, 3.05) is 30.3 Å². The van der Waals surface area contributed by atoms with Crippen molar-refractivity contribution in [3.8, 4) is 0 Å². The lowest BCUT2D eigenvalue weighted by molar-refractivity contribution is 0.302. The molecule has 0 radical (unpaired) electrons. The van der Waals surface area contributed by atoms with Gasteiger partial charge in [0.15, 0.2) is 0 Å². The summed E-state index contributed by atoms with van der Waals surface area (Å²) < 4.78 is 0. The van der Waals surface area contributed by atoms with Crippen molar-refractivity contribution in [2.45, 2.75) is 26.7 Å². The molecular formula is C13H22N2O. The van der Waals surface area contributed by atoms with E-state index in [-0.39, 0.29) is 6.61 Å². The first-order chi connectivity index (χ1) is 7.72. The molecule has 0 spiro atoms. The van der Waals surface area contributed by atoms with Crippen LogP contribution in [0, 0.1) is 0 Å². The van der Waals surface area contributed by atoms with E-state index in [1.54, 1.807) is 0 Å². The third-order valence-electron chi connectivity index (χ3n) is 2.76. The quantitative estimate of drug-likeness (QED) is 0.724.